The highest BCUT2D eigenvalue weighted by Crippen LogP contribution is 2.36. The highest BCUT2D eigenvalue weighted by molar-refractivity contribution is 5.50. The first-order valence-corrected chi connectivity index (χ1v) is 11.1. The van der Waals surface area contributed by atoms with E-state index in [0.29, 0.717) is 37.7 Å². The molecule has 3 aromatic rings. The summed E-state index contributed by atoms with van der Waals surface area (Å²) in [4.78, 5) is 4.25. The molecule has 33 heavy (non-hydrogen) atoms. The number of nitrogens with zero attached hydrogens (tertiary/aromatic N) is 2. The van der Waals surface area contributed by atoms with Crippen molar-refractivity contribution in [2.24, 2.45) is 0 Å². The molecule has 2 atom stereocenters. The molecular formula is C27H28N2O4. The number of para-hydroxylation sites is 1. The van der Waals surface area contributed by atoms with Gasteiger partial charge < -0.3 is 24.6 Å². The highest BCUT2D eigenvalue weighted by Gasteiger charge is 2.25. The van der Waals surface area contributed by atoms with Gasteiger partial charge in [-0.3, -0.25) is 4.90 Å². The summed E-state index contributed by atoms with van der Waals surface area (Å²) in [7, 11) is 0. The molecule has 2 unspecified atom stereocenters. The fourth-order valence-electron chi connectivity index (χ4n) is 4.41. The van der Waals surface area contributed by atoms with E-state index in [4.69, 9.17) is 9.47 Å². The van der Waals surface area contributed by atoms with Gasteiger partial charge in [0.15, 0.2) is 6.73 Å². The van der Waals surface area contributed by atoms with Gasteiger partial charge >= 0.3 is 0 Å². The minimum atomic E-state index is -1.06. The van der Waals surface area contributed by atoms with Crippen LogP contribution in [0.15, 0.2) is 79.4 Å². The van der Waals surface area contributed by atoms with E-state index in [1.165, 1.54) is 0 Å². The number of ether oxygens (including phenoxy) is 2. The summed E-state index contributed by atoms with van der Waals surface area (Å²) in [6, 6.07) is 21.3. The Hall–Kier alpha value is -3.32. The predicted molar refractivity (Wildman–Crippen MR) is 127 cm³/mol. The summed E-state index contributed by atoms with van der Waals surface area (Å²) < 4.78 is 11.7. The van der Waals surface area contributed by atoms with Crippen molar-refractivity contribution in [3.05, 3.63) is 102 Å². The number of benzene rings is 3. The molecule has 0 saturated heterocycles. The molecule has 0 aromatic heterocycles. The lowest BCUT2D eigenvalue weighted by Gasteiger charge is -2.31. The zero-order valence-electron chi connectivity index (χ0n) is 18.4. The monoisotopic (exact) mass is 444 g/mol. The summed E-state index contributed by atoms with van der Waals surface area (Å²) in [6.07, 6.45) is -0.276. The molecule has 0 amide bonds. The lowest BCUT2D eigenvalue weighted by molar-refractivity contribution is 0.0168. The van der Waals surface area contributed by atoms with Gasteiger partial charge in [0.2, 0.25) is 0 Å². The topological polar surface area (TPSA) is 65.4 Å². The molecule has 0 spiro atoms. The number of hydrogen-bond acceptors (Lipinski definition) is 6. The molecule has 2 N–H and O–H groups in total. The van der Waals surface area contributed by atoms with E-state index in [-0.39, 0.29) is 0 Å². The molecule has 0 saturated carbocycles. The van der Waals surface area contributed by atoms with E-state index in [9.17, 15) is 10.2 Å². The fourth-order valence-corrected chi connectivity index (χ4v) is 4.41. The average Bonchev–Trinajstić information content (AvgIpc) is 2.87. The van der Waals surface area contributed by atoms with Crippen LogP contribution in [0, 0.1) is 0 Å². The summed E-state index contributed by atoms with van der Waals surface area (Å²) in [5, 5.41) is 22.0. The van der Waals surface area contributed by atoms with Crippen LogP contribution in [0.3, 0.4) is 0 Å². The van der Waals surface area contributed by atoms with Crippen molar-refractivity contribution in [3.8, 4) is 11.5 Å². The molecule has 6 nitrogen and oxygen atoms in total. The Kier molecular flexibility index (Phi) is 6.05. The summed E-state index contributed by atoms with van der Waals surface area (Å²) in [6.45, 7) is 6.88. The zero-order valence-corrected chi connectivity index (χ0v) is 18.4. The SMILES string of the molecule is C=CCN1COc2ccc(C(O)C(O)c3ccc4c(c3)CN(c3ccccc3)CO4)cc2C1. The van der Waals surface area contributed by atoms with Crippen LogP contribution in [-0.4, -0.2) is 35.1 Å². The minimum Gasteiger partial charge on any atom is -0.478 e. The normalized spacial score (nSPS) is 17.2. The highest BCUT2D eigenvalue weighted by atomic mass is 16.5. The number of aliphatic hydroxyl groups is 2. The molecular weight excluding hydrogens is 416 g/mol. The van der Waals surface area contributed by atoms with E-state index >= 15 is 0 Å². The third-order valence-corrected chi connectivity index (χ3v) is 6.19. The van der Waals surface area contributed by atoms with Crippen LogP contribution < -0.4 is 14.4 Å². The number of rotatable bonds is 6. The molecule has 2 aliphatic heterocycles. The van der Waals surface area contributed by atoms with Gasteiger partial charge in [-0.1, -0.05) is 36.4 Å². The lowest BCUT2D eigenvalue weighted by atomic mass is 9.95. The van der Waals surface area contributed by atoms with Crippen LogP contribution >= 0.6 is 0 Å². The number of aliphatic hydroxyl groups excluding tert-OH is 2. The Bertz CT molecular complexity index is 1130. The van der Waals surface area contributed by atoms with Crippen molar-refractivity contribution < 1.29 is 19.7 Å². The van der Waals surface area contributed by atoms with Crippen molar-refractivity contribution >= 4 is 5.69 Å². The molecule has 6 heteroatoms. The maximum Gasteiger partial charge on any atom is 0.161 e. The smallest absolute Gasteiger partial charge is 0.161 e. The van der Waals surface area contributed by atoms with Gasteiger partial charge in [0.05, 0.1) is 0 Å². The second kappa shape index (κ2) is 9.27. The quantitative estimate of drug-likeness (QED) is 0.557. The summed E-state index contributed by atoms with van der Waals surface area (Å²) in [5.74, 6) is 1.62. The molecule has 5 rings (SSSR count). The van der Waals surface area contributed by atoms with Gasteiger partial charge in [-0.05, 0) is 47.5 Å². The first-order chi connectivity index (χ1) is 16.1. The standard InChI is InChI=1S/C27H28N2O4/c1-2-12-28-15-21-13-19(8-10-24(21)32-17-28)26(30)27(31)20-9-11-25-22(14-20)16-29(18-33-25)23-6-4-3-5-7-23/h2-11,13-14,26-27,30-31H,1,12,15-18H2. The Morgan fingerprint density at radius 3 is 2.06 bits per heavy atom. The summed E-state index contributed by atoms with van der Waals surface area (Å²) in [5.41, 5.74) is 4.36. The van der Waals surface area contributed by atoms with Gasteiger partial charge in [0.1, 0.15) is 30.4 Å². The molecule has 0 fully saturated rings. The lowest BCUT2D eigenvalue weighted by Crippen LogP contribution is -2.32. The average molecular weight is 445 g/mol. The number of fused-ring (bicyclic) bond motifs is 2. The van der Waals surface area contributed by atoms with Gasteiger partial charge in [-0.2, -0.15) is 0 Å². The Labute approximate surface area is 193 Å². The van der Waals surface area contributed by atoms with E-state index in [1.807, 2.05) is 72.8 Å². The molecule has 0 bridgehead atoms. The van der Waals surface area contributed by atoms with Crippen LogP contribution in [0.2, 0.25) is 0 Å². The van der Waals surface area contributed by atoms with Crippen LogP contribution in [0.1, 0.15) is 34.5 Å². The van der Waals surface area contributed by atoms with Crippen LogP contribution in [0.5, 0.6) is 11.5 Å². The third-order valence-electron chi connectivity index (χ3n) is 6.19. The minimum absolute atomic E-state index is 0.474. The largest absolute Gasteiger partial charge is 0.478 e. The Balaban J connectivity index is 1.34. The predicted octanol–water partition coefficient (Wildman–Crippen LogP) is 4.15. The van der Waals surface area contributed by atoms with Crippen molar-refractivity contribution in [3.63, 3.8) is 0 Å². The molecule has 2 aliphatic rings. The van der Waals surface area contributed by atoms with E-state index in [1.54, 1.807) is 0 Å². The number of hydrogen-bond donors (Lipinski definition) is 2. The second-order valence-corrected chi connectivity index (χ2v) is 8.50. The van der Waals surface area contributed by atoms with Gasteiger partial charge in [0, 0.05) is 36.4 Å². The van der Waals surface area contributed by atoms with Crippen molar-refractivity contribution in [1.29, 1.82) is 0 Å². The van der Waals surface area contributed by atoms with E-state index in [0.717, 1.165) is 34.9 Å². The summed E-state index contributed by atoms with van der Waals surface area (Å²) >= 11 is 0. The van der Waals surface area contributed by atoms with Crippen LogP contribution in [0.25, 0.3) is 0 Å². The molecule has 0 radical (unpaired) electrons. The van der Waals surface area contributed by atoms with Crippen molar-refractivity contribution in [2.45, 2.75) is 25.3 Å². The third kappa shape index (κ3) is 4.46. The molecule has 3 aromatic carbocycles. The Morgan fingerprint density at radius 2 is 1.42 bits per heavy atom. The fraction of sp³-hybridized carbons (Fsp3) is 0.259. The van der Waals surface area contributed by atoms with Gasteiger partial charge in [-0.15, -0.1) is 6.58 Å². The molecule has 0 aliphatic carbocycles. The maximum atomic E-state index is 11.0. The van der Waals surface area contributed by atoms with Crippen LogP contribution in [-0.2, 0) is 13.1 Å². The first-order valence-electron chi connectivity index (χ1n) is 11.1. The first kappa shape index (κ1) is 21.5. The Morgan fingerprint density at radius 1 is 0.818 bits per heavy atom. The van der Waals surface area contributed by atoms with Crippen LogP contribution in [0.4, 0.5) is 5.69 Å². The molecule has 170 valence electrons. The maximum absolute atomic E-state index is 11.0. The second-order valence-electron chi connectivity index (χ2n) is 8.50. The zero-order chi connectivity index (χ0) is 22.8. The van der Waals surface area contributed by atoms with E-state index < -0.39 is 12.2 Å². The van der Waals surface area contributed by atoms with Crippen molar-refractivity contribution in [1.82, 2.24) is 4.90 Å². The van der Waals surface area contributed by atoms with E-state index in [2.05, 4.69) is 16.4 Å². The van der Waals surface area contributed by atoms with Gasteiger partial charge in [0.25, 0.3) is 0 Å². The van der Waals surface area contributed by atoms with Crippen molar-refractivity contribution in [2.75, 3.05) is 24.9 Å². The van der Waals surface area contributed by atoms with Gasteiger partial charge in [-0.25, -0.2) is 0 Å². The number of anilines is 1. The molecule has 2 heterocycles.